The predicted molar refractivity (Wildman–Crippen MR) is 90.5 cm³/mol. The van der Waals surface area contributed by atoms with Crippen LogP contribution in [0.3, 0.4) is 0 Å². The Morgan fingerprint density at radius 3 is 2.33 bits per heavy atom. The third-order valence-corrected chi connectivity index (χ3v) is 3.60. The molecule has 1 amide bonds. The Hall–Kier alpha value is -3.33. The predicted octanol–water partition coefficient (Wildman–Crippen LogP) is 2.93. The number of carbonyl (C=O) groups excluding carboxylic acids is 1. The van der Waals surface area contributed by atoms with Gasteiger partial charge < -0.3 is 15.7 Å². The molecule has 1 atom stereocenters. The summed E-state index contributed by atoms with van der Waals surface area (Å²) in [7, 11) is 0. The van der Waals surface area contributed by atoms with Crippen molar-refractivity contribution < 1.29 is 14.7 Å². The number of rotatable bonds is 5. The standard InChI is InChI=1S/C18H17N3O3/c1-12(22)20-16-5-3-4-14(10-16)18(2,17(23)24)21-15-8-6-13(11-19)7-9-15/h3-10,21H,1-2H3,(H,20,22)(H,23,24). The quantitative estimate of drug-likeness (QED) is 0.785. The molecular formula is C18H17N3O3. The molecule has 6 heteroatoms. The minimum atomic E-state index is -1.40. The van der Waals surface area contributed by atoms with E-state index >= 15 is 0 Å². The summed E-state index contributed by atoms with van der Waals surface area (Å²) in [6.45, 7) is 2.93. The Morgan fingerprint density at radius 2 is 1.79 bits per heavy atom. The van der Waals surface area contributed by atoms with Crippen molar-refractivity contribution in [3.8, 4) is 6.07 Å². The lowest BCUT2D eigenvalue weighted by Gasteiger charge is -2.28. The molecule has 2 rings (SSSR count). The van der Waals surface area contributed by atoms with Gasteiger partial charge in [-0.25, -0.2) is 4.79 Å². The van der Waals surface area contributed by atoms with Gasteiger partial charge in [-0.3, -0.25) is 4.79 Å². The molecule has 1 unspecified atom stereocenters. The van der Waals surface area contributed by atoms with Crippen molar-refractivity contribution in [1.82, 2.24) is 0 Å². The van der Waals surface area contributed by atoms with E-state index in [0.717, 1.165) is 0 Å². The lowest BCUT2D eigenvalue weighted by Crippen LogP contribution is -2.40. The number of nitriles is 1. The summed E-state index contributed by atoms with van der Waals surface area (Å²) >= 11 is 0. The SMILES string of the molecule is CC(=O)Nc1cccc(C(C)(Nc2ccc(C#N)cc2)C(=O)O)c1. The van der Waals surface area contributed by atoms with Crippen LogP contribution in [0.1, 0.15) is 25.0 Å². The minimum Gasteiger partial charge on any atom is -0.479 e. The fourth-order valence-corrected chi connectivity index (χ4v) is 2.28. The summed E-state index contributed by atoms with van der Waals surface area (Å²) < 4.78 is 0. The minimum absolute atomic E-state index is 0.232. The van der Waals surface area contributed by atoms with Crippen LogP contribution in [0.4, 0.5) is 11.4 Å². The second kappa shape index (κ2) is 6.84. The average Bonchev–Trinajstić information content (AvgIpc) is 2.55. The van der Waals surface area contributed by atoms with E-state index < -0.39 is 11.5 Å². The molecule has 24 heavy (non-hydrogen) atoms. The second-order valence-corrected chi connectivity index (χ2v) is 5.51. The zero-order valence-electron chi connectivity index (χ0n) is 13.3. The molecule has 0 aromatic heterocycles. The molecule has 0 aliphatic heterocycles. The number of amides is 1. The largest absolute Gasteiger partial charge is 0.479 e. The van der Waals surface area contributed by atoms with Gasteiger partial charge >= 0.3 is 5.97 Å². The molecule has 0 saturated heterocycles. The van der Waals surface area contributed by atoms with Gasteiger partial charge in [-0.05, 0) is 48.9 Å². The molecule has 0 aliphatic carbocycles. The third kappa shape index (κ3) is 3.70. The molecule has 2 aromatic rings. The summed E-state index contributed by atoms with van der Waals surface area (Å²) in [5.74, 6) is -1.30. The number of carboxylic acid groups (broad SMARTS) is 1. The highest BCUT2D eigenvalue weighted by atomic mass is 16.4. The van der Waals surface area contributed by atoms with Crippen LogP contribution in [0.25, 0.3) is 0 Å². The van der Waals surface area contributed by atoms with Crippen LogP contribution in [-0.2, 0) is 15.1 Å². The molecule has 0 aliphatic rings. The smallest absolute Gasteiger partial charge is 0.333 e. The fraction of sp³-hybridized carbons (Fsp3) is 0.167. The molecule has 122 valence electrons. The second-order valence-electron chi connectivity index (χ2n) is 5.51. The molecule has 0 bridgehead atoms. The highest BCUT2D eigenvalue weighted by molar-refractivity contribution is 5.89. The molecule has 0 fully saturated rings. The molecule has 6 nitrogen and oxygen atoms in total. The van der Waals surface area contributed by atoms with E-state index in [2.05, 4.69) is 10.6 Å². The van der Waals surface area contributed by atoms with Crippen molar-refractivity contribution in [2.75, 3.05) is 10.6 Å². The van der Waals surface area contributed by atoms with Gasteiger partial charge in [0.1, 0.15) is 0 Å². The number of anilines is 2. The van der Waals surface area contributed by atoms with E-state index in [1.165, 1.54) is 6.92 Å². The lowest BCUT2D eigenvalue weighted by molar-refractivity contribution is -0.142. The number of aliphatic carboxylic acids is 1. The Bertz CT molecular complexity index is 809. The van der Waals surface area contributed by atoms with Crippen LogP contribution in [0.2, 0.25) is 0 Å². The maximum Gasteiger partial charge on any atom is 0.333 e. The summed E-state index contributed by atoms with van der Waals surface area (Å²) in [4.78, 5) is 23.1. The van der Waals surface area contributed by atoms with Crippen LogP contribution in [0.5, 0.6) is 0 Å². The molecule has 0 heterocycles. The number of hydrogen-bond donors (Lipinski definition) is 3. The number of carbonyl (C=O) groups is 2. The van der Waals surface area contributed by atoms with Crippen molar-refractivity contribution >= 4 is 23.3 Å². The molecule has 0 radical (unpaired) electrons. The zero-order chi connectivity index (χ0) is 17.7. The van der Waals surface area contributed by atoms with Crippen LogP contribution >= 0.6 is 0 Å². The zero-order valence-corrected chi connectivity index (χ0v) is 13.3. The van der Waals surface area contributed by atoms with Crippen molar-refractivity contribution in [2.24, 2.45) is 0 Å². The first-order valence-corrected chi connectivity index (χ1v) is 7.25. The first-order valence-electron chi connectivity index (χ1n) is 7.25. The number of nitrogens with one attached hydrogen (secondary N) is 2. The Balaban J connectivity index is 2.37. The normalized spacial score (nSPS) is 12.5. The Labute approximate surface area is 139 Å². The van der Waals surface area contributed by atoms with Gasteiger partial charge in [-0.2, -0.15) is 5.26 Å². The van der Waals surface area contributed by atoms with Gasteiger partial charge in [-0.15, -0.1) is 0 Å². The molecule has 3 N–H and O–H groups in total. The molecule has 2 aromatic carbocycles. The topological polar surface area (TPSA) is 102 Å². The maximum atomic E-state index is 11.9. The highest BCUT2D eigenvalue weighted by Gasteiger charge is 2.35. The molecule has 0 spiro atoms. The summed E-state index contributed by atoms with van der Waals surface area (Å²) in [5, 5.41) is 24.2. The van der Waals surface area contributed by atoms with E-state index in [-0.39, 0.29) is 5.91 Å². The maximum absolute atomic E-state index is 11.9. The van der Waals surface area contributed by atoms with Crippen LogP contribution < -0.4 is 10.6 Å². The number of carboxylic acids is 1. The van der Waals surface area contributed by atoms with Gasteiger partial charge in [0.05, 0.1) is 11.6 Å². The summed E-state index contributed by atoms with van der Waals surface area (Å²) in [6.07, 6.45) is 0. The monoisotopic (exact) mass is 323 g/mol. The van der Waals surface area contributed by atoms with Crippen molar-refractivity contribution in [1.29, 1.82) is 5.26 Å². The van der Waals surface area contributed by atoms with Crippen molar-refractivity contribution in [2.45, 2.75) is 19.4 Å². The van der Waals surface area contributed by atoms with Gasteiger partial charge in [0.2, 0.25) is 5.91 Å². The van der Waals surface area contributed by atoms with Gasteiger partial charge in [0.25, 0.3) is 0 Å². The van der Waals surface area contributed by atoms with E-state index in [9.17, 15) is 14.7 Å². The Kier molecular flexibility index (Phi) is 4.85. The molecule has 0 saturated carbocycles. The summed E-state index contributed by atoms with van der Waals surface area (Å²) in [5.41, 5.74) is 0.677. The van der Waals surface area contributed by atoms with E-state index in [4.69, 9.17) is 5.26 Å². The van der Waals surface area contributed by atoms with Gasteiger partial charge in [-0.1, -0.05) is 12.1 Å². The highest BCUT2D eigenvalue weighted by Crippen LogP contribution is 2.28. The van der Waals surface area contributed by atoms with Crippen LogP contribution in [0, 0.1) is 11.3 Å². The van der Waals surface area contributed by atoms with Crippen LogP contribution in [0.15, 0.2) is 48.5 Å². The third-order valence-electron chi connectivity index (χ3n) is 3.60. The lowest BCUT2D eigenvalue weighted by atomic mass is 9.91. The van der Waals surface area contributed by atoms with E-state index in [0.29, 0.717) is 22.5 Å². The number of benzene rings is 2. The van der Waals surface area contributed by atoms with Gasteiger partial charge in [0.15, 0.2) is 5.54 Å². The molecular weight excluding hydrogens is 306 g/mol. The van der Waals surface area contributed by atoms with E-state index in [1.54, 1.807) is 55.5 Å². The number of nitrogens with zero attached hydrogens (tertiary/aromatic N) is 1. The number of hydrogen-bond acceptors (Lipinski definition) is 4. The van der Waals surface area contributed by atoms with Gasteiger partial charge in [0, 0.05) is 18.3 Å². The first-order chi connectivity index (χ1) is 11.3. The summed E-state index contributed by atoms with van der Waals surface area (Å²) in [6, 6.07) is 15.2. The fourth-order valence-electron chi connectivity index (χ4n) is 2.28. The van der Waals surface area contributed by atoms with Crippen molar-refractivity contribution in [3.63, 3.8) is 0 Å². The Morgan fingerprint density at radius 1 is 1.12 bits per heavy atom. The van der Waals surface area contributed by atoms with E-state index in [1.807, 2.05) is 6.07 Å². The van der Waals surface area contributed by atoms with Crippen LogP contribution in [-0.4, -0.2) is 17.0 Å². The average molecular weight is 323 g/mol. The first kappa shape index (κ1) is 17.0. The van der Waals surface area contributed by atoms with Crippen molar-refractivity contribution in [3.05, 3.63) is 59.7 Å².